The Balaban J connectivity index is 1.34. The Hall–Kier alpha value is -2.92. The fourth-order valence-electron chi connectivity index (χ4n) is 3.96. The molecule has 4 aromatic rings. The number of pyridine rings is 1. The Morgan fingerprint density at radius 3 is 2.31 bits per heavy atom. The van der Waals surface area contributed by atoms with E-state index in [9.17, 15) is 16.8 Å². The third-order valence-electron chi connectivity index (χ3n) is 5.87. The van der Waals surface area contributed by atoms with E-state index < -0.39 is 19.9 Å². The summed E-state index contributed by atoms with van der Waals surface area (Å²) in [5.41, 5.74) is 4.15. The summed E-state index contributed by atoms with van der Waals surface area (Å²) in [6.45, 7) is 0.744. The van der Waals surface area contributed by atoms with Crippen molar-refractivity contribution in [3.63, 3.8) is 0 Å². The highest BCUT2D eigenvalue weighted by molar-refractivity contribution is 7.90. The van der Waals surface area contributed by atoms with Gasteiger partial charge >= 0.3 is 0 Å². The van der Waals surface area contributed by atoms with E-state index >= 15 is 0 Å². The largest absolute Gasteiger partial charge is 0.235 e. The Morgan fingerprint density at radius 2 is 1.66 bits per heavy atom. The van der Waals surface area contributed by atoms with Crippen LogP contribution in [0.1, 0.15) is 17.0 Å². The second-order valence-corrected chi connectivity index (χ2v) is 13.4. The van der Waals surface area contributed by atoms with Crippen LogP contribution in [0.5, 0.6) is 0 Å². The number of benzene rings is 2. The second-order valence-electron chi connectivity index (χ2n) is 8.42. The molecule has 0 fully saturated rings. The summed E-state index contributed by atoms with van der Waals surface area (Å²) in [5.74, 6) is -0.00396. The molecule has 3 heterocycles. The lowest BCUT2D eigenvalue weighted by molar-refractivity contribution is 0.440. The van der Waals surface area contributed by atoms with E-state index in [0.717, 1.165) is 37.7 Å². The maximum atomic E-state index is 12.8. The minimum atomic E-state index is -3.39. The first-order chi connectivity index (χ1) is 16.7. The van der Waals surface area contributed by atoms with Crippen molar-refractivity contribution in [2.45, 2.75) is 17.1 Å². The molecule has 0 radical (unpaired) electrons. The van der Waals surface area contributed by atoms with E-state index in [-0.39, 0.29) is 10.6 Å². The van der Waals surface area contributed by atoms with Crippen LogP contribution in [0.3, 0.4) is 0 Å². The van der Waals surface area contributed by atoms with Gasteiger partial charge in [-0.25, -0.2) is 26.8 Å². The Morgan fingerprint density at radius 1 is 0.914 bits per heavy atom. The molecule has 0 spiro atoms. The molecule has 0 amide bonds. The molecule has 0 aliphatic carbocycles. The fourth-order valence-corrected chi connectivity index (χ4v) is 7.07. The van der Waals surface area contributed by atoms with Gasteiger partial charge in [0.2, 0.25) is 10.0 Å². The molecule has 1 aliphatic rings. The van der Waals surface area contributed by atoms with Gasteiger partial charge in [-0.3, -0.25) is 0 Å². The van der Waals surface area contributed by atoms with Crippen molar-refractivity contribution in [2.24, 2.45) is 0 Å². The Kier molecular flexibility index (Phi) is 6.30. The van der Waals surface area contributed by atoms with Gasteiger partial charge in [-0.2, -0.15) is 4.31 Å². The lowest BCUT2D eigenvalue weighted by atomic mass is 10.1. The molecular formula is C25H23N3O4S3. The van der Waals surface area contributed by atoms with Crippen LogP contribution in [0.4, 0.5) is 0 Å². The zero-order valence-electron chi connectivity index (χ0n) is 19.0. The summed E-state index contributed by atoms with van der Waals surface area (Å²) >= 11 is 1.48. The van der Waals surface area contributed by atoms with Gasteiger partial charge in [0.05, 0.1) is 16.3 Å². The molecular weight excluding hydrogens is 502 g/mol. The first-order valence-corrected chi connectivity index (χ1v) is 15.3. The molecule has 0 N–H and O–H groups in total. The van der Waals surface area contributed by atoms with Crippen molar-refractivity contribution in [2.75, 3.05) is 19.3 Å². The number of rotatable bonds is 6. The molecule has 0 unspecified atom stereocenters. The number of aromatic nitrogens is 2. The van der Waals surface area contributed by atoms with Gasteiger partial charge in [-0.15, -0.1) is 0 Å². The third-order valence-corrected chi connectivity index (χ3v) is 9.85. The summed E-state index contributed by atoms with van der Waals surface area (Å²) in [6.07, 6.45) is 3.71. The van der Waals surface area contributed by atoms with E-state index in [1.807, 2.05) is 48.5 Å². The molecule has 0 saturated heterocycles. The molecule has 5 rings (SSSR count). The van der Waals surface area contributed by atoms with E-state index in [2.05, 4.69) is 0 Å². The summed E-state index contributed by atoms with van der Waals surface area (Å²) in [5, 5.41) is 0.845. The van der Waals surface area contributed by atoms with Gasteiger partial charge in [0, 0.05) is 24.9 Å². The van der Waals surface area contributed by atoms with Crippen LogP contribution in [0.2, 0.25) is 0 Å². The first kappa shape index (κ1) is 23.8. The molecule has 1 aliphatic heterocycles. The SMILES string of the molecule is CS(=O)(=O)c1ccc(-c2ccc3nc(C4=CCN(S(=O)(=O)Cc5ccccc5)CC4)sc3n2)cc1. The predicted molar refractivity (Wildman–Crippen MR) is 139 cm³/mol. The molecule has 0 atom stereocenters. The number of hydrogen-bond donors (Lipinski definition) is 0. The highest BCUT2D eigenvalue weighted by Crippen LogP contribution is 2.32. The third kappa shape index (κ3) is 5.20. The van der Waals surface area contributed by atoms with Crippen molar-refractivity contribution in [3.8, 4) is 11.3 Å². The van der Waals surface area contributed by atoms with Crippen LogP contribution >= 0.6 is 11.3 Å². The fraction of sp³-hybridized carbons (Fsp3) is 0.200. The molecule has 2 aromatic heterocycles. The number of fused-ring (bicyclic) bond motifs is 1. The van der Waals surface area contributed by atoms with Crippen molar-refractivity contribution >= 4 is 47.1 Å². The summed E-state index contributed by atoms with van der Waals surface area (Å²) in [6, 6.07) is 19.6. The summed E-state index contributed by atoms with van der Waals surface area (Å²) in [7, 11) is -6.64. The average molecular weight is 526 g/mol. The smallest absolute Gasteiger partial charge is 0.218 e. The van der Waals surface area contributed by atoms with Gasteiger partial charge in [0.1, 0.15) is 15.4 Å². The van der Waals surface area contributed by atoms with Gasteiger partial charge in [-0.1, -0.05) is 59.9 Å². The van der Waals surface area contributed by atoms with Gasteiger partial charge in [-0.05, 0) is 41.8 Å². The minimum absolute atomic E-state index is 0.00396. The van der Waals surface area contributed by atoms with Crippen LogP contribution in [-0.2, 0) is 25.6 Å². The maximum Gasteiger partial charge on any atom is 0.218 e. The quantitative estimate of drug-likeness (QED) is 0.371. The van der Waals surface area contributed by atoms with Crippen LogP contribution in [0.25, 0.3) is 27.2 Å². The second kappa shape index (κ2) is 9.27. The maximum absolute atomic E-state index is 12.8. The van der Waals surface area contributed by atoms with Crippen LogP contribution < -0.4 is 0 Å². The molecule has 35 heavy (non-hydrogen) atoms. The molecule has 7 nitrogen and oxygen atoms in total. The lowest BCUT2D eigenvalue weighted by Gasteiger charge is -2.25. The van der Waals surface area contributed by atoms with Crippen molar-refractivity contribution in [1.29, 1.82) is 0 Å². The van der Waals surface area contributed by atoms with E-state index in [1.54, 1.807) is 24.3 Å². The van der Waals surface area contributed by atoms with Gasteiger partial charge in [0.15, 0.2) is 9.84 Å². The zero-order chi connectivity index (χ0) is 24.6. The molecule has 0 saturated carbocycles. The molecule has 10 heteroatoms. The van der Waals surface area contributed by atoms with Gasteiger partial charge in [0.25, 0.3) is 0 Å². The number of hydrogen-bond acceptors (Lipinski definition) is 7. The highest BCUT2D eigenvalue weighted by Gasteiger charge is 2.25. The summed E-state index contributed by atoms with van der Waals surface area (Å²) < 4.78 is 50.6. The van der Waals surface area contributed by atoms with Crippen molar-refractivity contribution in [3.05, 3.63) is 83.4 Å². The number of thiazole rings is 1. The summed E-state index contributed by atoms with van der Waals surface area (Å²) in [4.78, 5) is 10.5. The number of sulfonamides is 1. The molecule has 0 bridgehead atoms. The van der Waals surface area contributed by atoms with Crippen LogP contribution in [-0.4, -0.2) is 50.5 Å². The number of sulfone groups is 1. The van der Waals surface area contributed by atoms with E-state index in [0.29, 0.717) is 19.5 Å². The monoisotopic (exact) mass is 525 g/mol. The van der Waals surface area contributed by atoms with E-state index in [1.165, 1.54) is 21.9 Å². The normalized spacial score (nSPS) is 15.3. The average Bonchev–Trinajstić information content (AvgIpc) is 3.28. The Labute approximate surface area is 208 Å². The van der Waals surface area contributed by atoms with Crippen molar-refractivity contribution < 1.29 is 16.8 Å². The lowest BCUT2D eigenvalue weighted by Crippen LogP contribution is -2.35. The standard InChI is InChI=1S/C25H23N3O4S3/c1-34(29,30)21-9-7-19(8-10-21)22-11-12-23-25(26-22)33-24(27-23)20-13-15-28(16-14-20)35(31,32)17-18-5-3-2-4-6-18/h2-13H,14-17H2,1H3. The van der Waals surface area contributed by atoms with Crippen LogP contribution in [0, 0.1) is 0 Å². The van der Waals surface area contributed by atoms with Gasteiger partial charge < -0.3 is 0 Å². The predicted octanol–water partition coefficient (Wildman–Crippen LogP) is 4.38. The van der Waals surface area contributed by atoms with Crippen LogP contribution in [0.15, 0.2) is 77.7 Å². The number of nitrogens with zero attached hydrogens (tertiary/aromatic N) is 3. The molecule has 2 aromatic carbocycles. The highest BCUT2D eigenvalue weighted by atomic mass is 32.2. The Bertz CT molecular complexity index is 1630. The van der Waals surface area contributed by atoms with E-state index in [4.69, 9.17) is 9.97 Å². The first-order valence-electron chi connectivity index (χ1n) is 11.0. The van der Waals surface area contributed by atoms with Crippen molar-refractivity contribution in [1.82, 2.24) is 14.3 Å². The zero-order valence-corrected chi connectivity index (χ0v) is 21.4. The topological polar surface area (TPSA) is 97.3 Å². The molecule has 180 valence electrons. The minimum Gasteiger partial charge on any atom is -0.235 e.